The summed E-state index contributed by atoms with van der Waals surface area (Å²) in [5, 5.41) is 9.13. The van der Waals surface area contributed by atoms with Crippen molar-refractivity contribution in [1.29, 1.82) is 0 Å². The van der Waals surface area contributed by atoms with Gasteiger partial charge in [-0.2, -0.15) is 0 Å². The number of aromatic nitrogens is 2. The van der Waals surface area contributed by atoms with Crippen molar-refractivity contribution in [1.82, 2.24) is 14.5 Å². The van der Waals surface area contributed by atoms with E-state index in [4.69, 9.17) is 9.84 Å². The Morgan fingerprint density at radius 1 is 1.38 bits per heavy atom. The summed E-state index contributed by atoms with van der Waals surface area (Å²) in [6, 6.07) is 7.39. The highest BCUT2D eigenvalue weighted by Crippen LogP contribution is 2.13. The van der Waals surface area contributed by atoms with E-state index in [0.717, 1.165) is 5.69 Å². The zero-order chi connectivity index (χ0) is 14.7. The van der Waals surface area contributed by atoms with Gasteiger partial charge in [-0.25, -0.2) is 4.98 Å². The molecule has 110 valence electrons. The van der Waals surface area contributed by atoms with Gasteiger partial charge >= 0.3 is 0 Å². The Hall–Kier alpha value is -2.18. The highest BCUT2D eigenvalue weighted by Gasteiger charge is 2.24. The maximum atomic E-state index is 12.4. The van der Waals surface area contributed by atoms with Crippen molar-refractivity contribution in [3.8, 4) is 5.69 Å². The molecule has 2 heterocycles. The second kappa shape index (κ2) is 6.07. The minimum absolute atomic E-state index is 0.0334. The number of nitrogens with zero attached hydrogens (tertiary/aromatic N) is 3. The van der Waals surface area contributed by atoms with Crippen LogP contribution in [0.2, 0.25) is 0 Å². The Morgan fingerprint density at radius 2 is 2.19 bits per heavy atom. The van der Waals surface area contributed by atoms with Gasteiger partial charge in [0.25, 0.3) is 5.91 Å². The maximum Gasteiger partial charge on any atom is 0.254 e. The van der Waals surface area contributed by atoms with Gasteiger partial charge in [-0.3, -0.25) is 4.79 Å². The van der Waals surface area contributed by atoms with Gasteiger partial charge in [-0.15, -0.1) is 0 Å². The van der Waals surface area contributed by atoms with Crippen LogP contribution < -0.4 is 0 Å². The van der Waals surface area contributed by atoms with Crippen molar-refractivity contribution >= 4 is 5.91 Å². The number of carbonyl (C=O) groups is 1. The van der Waals surface area contributed by atoms with Crippen LogP contribution in [-0.2, 0) is 4.74 Å². The van der Waals surface area contributed by atoms with Gasteiger partial charge in [0, 0.05) is 36.7 Å². The first-order valence-electron chi connectivity index (χ1n) is 6.88. The molecule has 0 aliphatic carbocycles. The molecule has 6 heteroatoms. The van der Waals surface area contributed by atoms with Crippen molar-refractivity contribution in [3.63, 3.8) is 0 Å². The molecule has 1 aliphatic heterocycles. The molecule has 1 fully saturated rings. The average molecular weight is 287 g/mol. The van der Waals surface area contributed by atoms with Gasteiger partial charge in [-0.1, -0.05) is 0 Å². The molecule has 1 atom stereocenters. The molecule has 21 heavy (non-hydrogen) atoms. The van der Waals surface area contributed by atoms with Crippen molar-refractivity contribution in [2.24, 2.45) is 0 Å². The highest BCUT2D eigenvalue weighted by molar-refractivity contribution is 5.94. The van der Waals surface area contributed by atoms with Crippen LogP contribution in [0.3, 0.4) is 0 Å². The number of hydrogen-bond acceptors (Lipinski definition) is 4. The third-order valence-electron chi connectivity index (χ3n) is 3.55. The molecule has 0 bridgehead atoms. The van der Waals surface area contributed by atoms with Gasteiger partial charge in [-0.05, 0) is 24.3 Å². The number of hydrogen-bond donors (Lipinski definition) is 1. The number of aliphatic hydroxyl groups excluding tert-OH is 1. The summed E-state index contributed by atoms with van der Waals surface area (Å²) in [6.07, 6.45) is 4.99. The molecule has 1 amide bonds. The lowest BCUT2D eigenvalue weighted by Gasteiger charge is -2.32. The molecule has 1 aromatic heterocycles. The minimum atomic E-state index is -0.284. The number of imidazole rings is 1. The third kappa shape index (κ3) is 2.96. The van der Waals surface area contributed by atoms with E-state index in [1.165, 1.54) is 0 Å². The number of aliphatic hydroxyl groups is 1. The first-order valence-corrected chi connectivity index (χ1v) is 6.88. The molecular formula is C15H17N3O3. The van der Waals surface area contributed by atoms with Crippen molar-refractivity contribution in [2.75, 3.05) is 26.3 Å². The van der Waals surface area contributed by atoms with Crippen molar-refractivity contribution in [2.45, 2.75) is 6.10 Å². The fourth-order valence-electron chi connectivity index (χ4n) is 2.38. The van der Waals surface area contributed by atoms with E-state index in [0.29, 0.717) is 25.3 Å². The summed E-state index contributed by atoms with van der Waals surface area (Å²) in [5.74, 6) is -0.0334. The number of ether oxygens (including phenoxy) is 1. The van der Waals surface area contributed by atoms with E-state index in [2.05, 4.69) is 4.98 Å². The van der Waals surface area contributed by atoms with E-state index in [1.807, 2.05) is 22.9 Å². The zero-order valence-electron chi connectivity index (χ0n) is 11.6. The van der Waals surface area contributed by atoms with Crippen LogP contribution in [0.1, 0.15) is 10.4 Å². The summed E-state index contributed by atoms with van der Waals surface area (Å²) >= 11 is 0. The van der Waals surface area contributed by atoms with Gasteiger partial charge in [0.15, 0.2) is 0 Å². The SMILES string of the molecule is O=C(c1ccc(-n2ccnc2)cc1)N1CCO[C@@H](CO)C1. The smallest absolute Gasteiger partial charge is 0.254 e. The quantitative estimate of drug-likeness (QED) is 0.902. The monoisotopic (exact) mass is 287 g/mol. The predicted octanol–water partition coefficient (Wildman–Crippen LogP) is 0.706. The third-order valence-corrected chi connectivity index (χ3v) is 3.55. The molecule has 2 aromatic rings. The van der Waals surface area contributed by atoms with Crippen molar-refractivity contribution < 1.29 is 14.6 Å². The number of morpholine rings is 1. The molecule has 6 nitrogen and oxygen atoms in total. The Bertz CT molecular complexity index is 595. The Kier molecular flexibility index (Phi) is 3.98. The maximum absolute atomic E-state index is 12.4. The molecule has 0 unspecified atom stereocenters. The molecular weight excluding hydrogens is 270 g/mol. The number of rotatable bonds is 3. The summed E-state index contributed by atoms with van der Waals surface area (Å²) in [6.45, 7) is 1.38. The molecule has 0 radical (unpaired) electrons. The second-order valence-corrected chi connectivity index (χ2v) is 4.94. The van der Waals surface area contributed by atoms with E-state index in [1.54, 1.807) is 29.6 Å². The summed E-state index contributed by atoms with van der Waals surface area (Å²) in [4.78, 5) is 18.1. The first-order chi connectivity index (χ1) is 10.3. The van der Waals surface area contributed by atoms with Gasteiger partial charge in [0.1, 0.15) is 0 Å². The van der Waals surface area contributed by atoms with E-state index >= 15 is 0 Å². The lowest BCUT2D eigenvalue weighted by Crippen LogP contribution is -2.46. The Labute approximate surface area is 122 Å². The van der Waals surface area contributed by atoms with Gasteiger partial charge in [0.05, 0.1) is 25.6 Å². The first kappa shape index (κ1) is 13.8. The van der Waals surface area contributed by atoms with Gasteiger partial charge in [0.2, 0.25) is 0 Å². The standard InChI is InChI=1S/C15H17N3O3/c19-10-14-9-17(7-8-21-14)15(20)12-1-3-13(4-2-12)18-6-5-16-11-18/h1-6,11,14,19H,7-10H2/t14-/m1/s1. The molecule has 1 aromatic carbocycles. The Morgan fingerprint density at radius 3 is 2.86 bits per heavy atom. The van der Waals surface area contributed by atoms with Crippen LogP contribution in [0, 0.1) is 0 Å². The second-order valence-electron chi connectivity index (χ2n) is 4.94. The van der Waals surface area contributed by atoms with E-state index < -0.39 is 0 Å². The summed E-state index contributed by atoms with van der Waals surface area (Å²) in [7, 11) is 0. The minimum Gasteiger partial charge on any atom is -0.394 e. The zero-order valence-corrected chi connectivity index (χ0v) is 11.6. The number of amides is 1. The highest BCUT2D eigenvalue weighted by atomic mass is 16.5. The van der Waals surface area contributed by atoms with E-state index in [9.17, 15) is 4.79 Å². The van der Waals surface area contributed by atoms with Gasteiger partial charge < -0.3 is 19.3 Å². The normalized spacial score (nSPS) is 18.7. The average Bonchev–Trinajstić information content (AvgIpc) is 3.09. The van der Waals surface area contributed by atoms with E-state index in [-0.39, 0.29) is 18.6 Å². The molecule has 1 N–H and O–H groups in total. The van der Waals surface area contributed by atoms with Crippen LogP contribution >= 0.6 is 0 Å². The predicted molar refractivity (Wildman–Crippen MR) is 76.3 cm³/mol. The van der Waals surface area contributed by atoms with Crippen LogP contribution in [0.5, 0.6) is 0 Å². The molecule has 1 saturated heterocycles. The van der Waals surface area contributed by atoms with Crippen molar-refractivity contribution in [3.05, 3.63) is 48.5 Å². The lowest BCUT2D eigenvalue weighted by molar-refractivity contribution is -0.0447. The molecule has 3 rings (SSSR count). The van der Waals surface area contributed by atoms with Crippen LogP contribution in [0.15, 0.2) is 43.0 Å². The fourth-order valence-corrected chi connectivity index (χ4v) is 2.38. The topological polar surface area (TPSA) is 67.6 Å². The lowest BCUT2D eigenvalue weighted by atomic mass is 10.1. The number of benzene rings is 1. The Balaban J connectivity index is 1.73. The summed E-state index contributed by atoms with van der Waals surface area (Å²) < 4.78 is 7.24. The van der Waals surface area contributed by atoms with Crippen LogP contribution in [0.4, 0.5) is 0 Å². The molecule has 1 aliphatic rings. The molecule has 0 saturated carbocycles. The van der Waals surface area contributed by atoms with Crippen LogP contribution in [-0.4, -0.2) is 57.9 Å². The summed E-state index contributed by atoms with van der Waals surface area (Å²) in [5.41, 5.74) is 1.59. The fraction of sp³-hybridized carbons (Fsp3) is 0.333. The largest absolute Gasteiger partial charge is 0.394 e. The molecule has 0 spiro atoms. The number of carbonyl (C=O) groups excluding carboxylic acids is 1. The van der Waals surface area contributed by atoms with Crippen LogP contribution in [0.25, 0.3) is 5.69 Å².